The molecular weight excluding hydrogens is 546 g/mol. The van der Waals surface area contributed by atoms with Gasteiger partial charge in [0.25, 0.3) is 10.0 Å². The minimum absolute atomic E-state index is 0.0720. The van der Waals surface area contributed by atoms with Gasteiger partial charge in [-0.15, -0.1) is 0 Å². The van der Waals surface area contributed by atoms with Crippen LogP contribution in [0.2, 0.25) is 5.02 Å². The molecule has 2 amide bonds. The van der Waals surface area contributed by atoms with Gasteiger partial charge in [0.1, 0.15) is 12.6 Å². The number of amides is 2. The number of carbonyl (C=O) groups excluding carboxylic acids is 2. The van der Waals surface area contributed by atoms with Gasteiger partial charge in [-0.05, 0) is 75.1 Å². The lowest BCUT2D eigenvalue weighted by molar-refractivity contribution is -0.139. The summed E-state index contributed by atoms with van der Waals surface area (Å²) >= 11 is 6.06. The zero-order chi connectivity index (χ0) is 29.4. The third-order valence-electron chi connectivity index (χ3n) is 6.96. The van der Waals surface area contributed by atoms with Crippen LogP contribution < -0.4 is 9.62 Å². The SMILES string of the molecule is CCc1ccccc1N(CC(=O)N(Cc1ccc(Cl)cc1)C(C)C(=O)NC(C)CC)S(=O)(=O)c1ccc(C)cc1. The van der Waals surface area contributed by atoms with Gasteiger partial charge in [-0.3, -0.25) is 13.9 Å². The molecule has 0 saturated carbocycles. The van der Waals surface area contributed by atoms with Gasteiger partial charge in [-0.2, -0.15) is 0 Å². The van der Waals surface area contributed by atoms with Crippen molar-refractivity contribution in [2.45, 2.75) is 71.0 Å². The van der Waals surface area contributed by atoms with E-state index in [4.69, 9.17) is 11.6 Å². The van der Waals surface area contributed by atoms with Crippen molar-refractivity contribution in [1.82, 2.24) is 10.2 Å². The van der Waals surface area contributed by atoms with Gasteiger partial charge in [0.05, 0.1) is 10.6 Å². The van der Waals surface area contributed by atoms with Gasteiger partial charge in [-0.1, -0.05) is 73.5 Å². The number of aryl methyl sites for hydroxylation is 2. The number of sulfonamides is 1. The van der Waals surface area contributed by atoms with Crippen molar-refractivity contribution in [1.29, 1.82) is 0 Å². The standard InChI is InChI=1S/C31H38ClN3O4S/c1-6-23(4)33-31(37)24(5)34(20-25-14-16-27(32)17-15-25)30(36)21-35(29-11-9-8-10-26(29)7-2)40(38,39)28-18-12-22(3)13-19-28/h8-19,23-24H,6-7,20-21H2,1-5H3,(H,33,37). The first kappa shape index (κ1) is 31.2. The number of nitrogens with one attached hydrogen (secondary N) is 1. The first-order chi connectivity index (χ1) is 19.0. The summed E-state index contributed by atoms with van der Waals surface area (Å²) in [4.78, 5) is 28.7. The van der Waals surface area contributed by atoms with E-state index in [1.165, 1.54) is 4.90 Å². The summed E-state index contributed by atoms with van der Waals surface area (Å²) in [6.45, 7) is 8.97. The number of halogens is 1. The number of para-hydroxylation sites is 1. The molecule has 0 aliphatic heterocycles. The molecule has 1 N–H and O–H groups in total. The Balaban J connectivity index is 2.06. The van der Waals surface area contributed by atoms with Gasteiger partial charge in [0.2, 0.25) is 11.8 Å². The second kappa shape index (κ2) is 13.8. The Morgan fingerprint density at radius 1 is 0.925 bits per heavy atom. The number of carbonyl (C=O) groups is 2. The Morgan fingerprint density at radius 2 is 1.55 bits per heavy atom. The Labute approximate surface area is 243 Å². The zero-order valence-corrected chi connectivity index (χ0v) is 25.3. The van der Waals surface area contributed by atoms with E-state index in [0.29, 0.717) is 17.1 Å². The fourth-order valence-corrected chi connectivity index (χ4v) is 5.82. The monoisotopic (exact) mass is 583 g/mol. The third-order valence-corrected chi connectivity index (χ3v) is 8.99. The minimum Gasteiger partial charge on any atom is -0.352 e. The van der Waals surface area contributed by atoms with Gasteiger partial charge < -0.3 is 10.2 Å². The van der Waals surface area contributed by atoms with Gasteiger partial charge in [-0.25, -0.2) is 8.42 Å². The van der Waals surface area contributed by atoms with Gasteiger partial charge in [0, 0.05) is 17.6 Å². The van der Waals surface area contributed by atoms with E-state index in [2.05, 4.69) is 5.32 Å². The van der Waals surface area contributed by atoms with Crippen LogP contribution in [-0.4, -0.2) is 43.8 Å². The maximum atomic E-state index is 14.0. The molecule has 40 heavy (non-hydrogen) atoms. The lowest BCUT2D eigenvalue weighted by Crippen LogP contribution is -2.52. The summed E-state index contributed by atoms with van der Waals surface area (Å²) in [6, 6.07) is 19.8. The Hall–Kier alpha value is -3.36. The van der Waals surface area contributed by atoms with Crippen LogP contribution in [0.3, 0.4) is 0 Å². The normalized spacial score (nSPS) is 12.8. The molecule has 0 saturated heterocycles. The van der Waals surface area contributed by atoms with Crippen LogP contribution in [0.5, 0.6) is 0 Å². The summed E-state index contributed by atoms with van der Waals surface area (Å²) < 4.78 is 29.2. The molecule has 3 rings (SSSR count). The van der Waals surface area contributed by atoms with E-state index >= 15 is 0 Å². The highest BCUT2D eigenvalue weighted by Gasteiger charge is 2.33. The van der Waals surface area contributed by atoms with Crippen molar-refractivity contribution >= 4 is 39.1 Å². The van der Waals surface area contributed by atoms with Crippen LogP contribution in [0, 0.1) is 6.92 Å². The number of nitrogens with zero attached hydrogens (tertiary/aromatic N) is 2. The third kappa shape index (κ3) is 7.64. The highest BCUT2D eigenvalue weighted by molar-refractivity contribution is 7.92. The van der Waals surface area contributed by atoms with E-state index < -0.39 is 28.5 Å². The van der Waals surface area contributed by atoms with Crippen LogP contribution in [0.4, 0.5) is 5.69 Å². The number of rotatable bonds is 12. The summed E-state index contributed by atoms with van der Waals surface area (Å²) in [6.07, 6.45) is 1.31. The predicted molar refractivity (Wildman–Crippen MR) is 161 cm³/mol. The van der Waals surface area contributed by atoms with E-state index in [9.17, 15) is 18.0 Å². The van der Waals surface area contributed by atoms with Crippen molar-refractivity contribution in [3.8, 4) is 0 Å². The zero-order valence-electron chi connectivity index (χ0n) is 23.7. The van der Waals surface area contributed by atoms with E-state index in [1.807, 2.05) is 39.8 Å². The van der Waals surface area contributed by atoms with Gasteiger partial charge >= 0.3 is 0 Å². The molecule has 0 spiro atoms. The maximum absolute atomic E-state index is 14.0. The Bertz CT molecular complexity index is 1410. The lowest BCUT2D eigenvalue weighted by atomic mass is 10.1. The molecule has 3 aromatic carbocycles. The molecule has 3 aromatic rings. The Morgan fingerprint density at radius 3 is 2.15 bits per heavy atom. The largest absolute Gasteiger partial charge is 0.352 e. The highest BCUT2D eigenvalue weighted by atomic mass is 35.5. The van der Waals surface area contributed by atoms with Crippen molar-refractivity contribution in [3.05, 3.63) is 94.5 Å². The molecule has 2 unspecified atom stereocenters. The average Bonchev–Trinajstić information content (AvgIpc) is 2.95. The van der Waals surface area contributed by atoms with Crippen molar-refractivity contribution in [2.24, 2.45) is 0 Å². The van der Waals surface area contributed by atoms with Crippen LogP contribution in [0.1, 0.15) is 50.8 Å². The summed E-state index contributed by atoms with van der Waals surface area (Å²) in [5, 5.41) is 3.49. The molecule has 0 bridgehead atoms. The first-order valence-corrected chi connectivity index (χ1v) is 15.3. The maximum Gasteiger partial charge on any atom is 0.264 e. The van der Waals surface area contributed by atoms with Gasteiger partial charge in [0.15, 0.2) is 0 Å². The van der Waals surface area contributed by atoms with Crippen molar-refractivity contribution in [3.63, 3.8) is 0 Å². The molecule has 0 fully saturated rings. The molecule has 7 nitrogen and oxygen atoms in total. The fourth-order valence-electron chi connectivity index (χ4n) is 4.24. The minimum atomic E-state index is -4.11. The first-order valence-electron chi connectivity index (χ1n) is 13.5. The number of hydrogen-bond donors (Lipinski definition) is 1. The van der Waals surface area contributed by atoms with Crippen molar-refractivity contribution < 1.29 is 18.0 Å². The second-order valence-electron chi connectivity index (χ2n) is 9.95. The molecule has 214 valence electrons. The highest BCUT2D eigenvalue weighted by Crippen LogP contribution is 2.28. The average molecular weight is 584 g/mol. The van der Waals surface area contributed by atoms with Crippen molar-refractivity contribution in [2.75, 3.05) is 10.8 Å². The molecule has 9 heteroatoms. The smallest absolute Gasteiger partial charge is 0.264 e. The van der Waals surface area contributed by atoms with Crippen LogP contribution in [0.25, 0.3) is 0 Å². The topological polar surface area (TPSA) is 86.8 Å². The second-order valence-corrected chi connectivity index (χ2v) is 12.2. The lowest BCUT2D eigenvalue weighted by Gasteiger charge is -2.33. The summed E-state index contributed by atoms with van der Waals surface area (Å²) in [5.41, 5.74) is 2.91. The number of hydrogen-bond acceptors (Lipinski definition) is 4. The summed E-state index contributed by atoms with van der Waals surface area (Å²) in [7, 11) is -4.11. The van der Waals surface area contributed by atoms with E-state index in [0.717, 1.165) is 27.4 Å². The molecule has 0 radical (unpaired) electrons. The van der Waals surface area contributed by atoms with Crippen LogP contribution in [0.15, 0.2) is 77.7 Å². The van der Waals surface area contributed by atoms with Crippen LogP contribution >= 0.6 is 11.6 Å². The predicted octanol–water partition coefficient (Wildman–Crippen LogP) is 5.74. The molecular formula is C31H38ClN3O4S. The molecule has 0 aliphatic carbocycles. The summed E-state index contributed by atoms with van der Waals surface area (Å²) in [5.74, 6) is -0.804. The number of anilines is 1. The molecule has 2 atom stereocenters. The fraction of sp³-hybridized carbons (Fsp3) is 0.355. The molecule has 0 aromatic heterocycles. The Kier molecular flexibility index (Phi) is 10.8. The molecule has 0 heterocycles. The van der Waals surface area contributed by atoms with Crippen LogP contribution in [-0.2, 0) is 32.6 Å². The quantitative estimate of drug-likeness (QED) is 0.295. The number of benzene rings is 3. The molecule has 0 aliphatic rings. The van der Waals surface area contributed by atoms with E-state index in [-0.39, 0.29) is 23.4 Å². The van der Waals surface area contributed by atoms with E-state index in [1.54, 1.807) is 67.6 Å².